The van der Waals surface area contributed by atoms with Crippen molar-refractivity contribution in [1.29, 1.82) is 0 Å². The molecule has 0 aliphatic carbocycles. The number of methoxy groups -OCH3 is 1. The molecular formula is C27H28N2O3. The van der Waals surface area contributed by atoms with Crippen LogP contribution in [0.4, 0.5) is 5.69 Å². The maximum absolute atomic E-state index is 12.0. The average molecular weight is 429 g/mol. The van der Waals surface area contributed by atoms with Gasteiger partial charge in [0.1, 0.15) is 11.3 Å². The lowest BCUT2D eigenvalue weighted by Crippen LogP contribution is -2.40. The van der Waals surface area contributed by atoms with Gasteiger partial charge >= 0.3 is 5.63 Å². The summed E-state index contributed by atoms with van der Waals surface area (Å²) in [4.78, 5) is 14.6. The molecule has 1 atom stereocenters. The minimum absolute atomic E-state index is 0.311. The lowest BCUT2D eigenvalue weighted by atomic mass is 9.98. The Bertz CT molecular complexity index is 1310. The molecule has 4 aromatic rings. The highest BCUT2D eigenvalue weighted by atomic mass is 16.5. The maximum Gasteiger partial charge on any atom is 0.338 e. The number of ether oxygens (including phenoxy) is 1. The van der Waals surface area contributed by atoms with E-state index in [-0.39, 0.29) is 5.63 Å². The first kappa shape index (κ1) is 20.6. The van der Waals surface area contributed by atoms with Gasteiger partial charge in [0, 0.05) is 36.6 Å². The molecule has 5 heteroatoms. The molecule has 1 unspecified atom stereocenters. The summed E-state index contributed by atoms with van der Waals surface area (Å²) >= 11 is 0. The highest BCUT2D eigenvalue weighted by Crippen LogP contribution is 2.30. The second-order valence-electron chi connectivity index (χ2n) is 8.58. The Morgan fingerprint density at radius 1 is 1.00 bits per heavy atom. The molecule has 0 saturated carbocycles. The maximum atomic E-state index is 12.0. The third-order valence-corrected chi connectivity index (χ3v) is 6.64. The number of hydrogen-bond donors (Lipinski definition) is 1. The van der Waals surface area contributed by atoms with E-state index >= 15 is 0 Å². The van der Waals surface area contributed by atoms with Crippen LogP contribution < -0.4 is 15.7 Å². The first-order valence-electron chi connectivity index (χ1n) is 11.2. The van der Waals surface area contributed by atoms with Gasteiger partial charge in [-0.15, -0.1) is 0 Å². The van der Waals surface area contributed by atoms with Gasteiger partial charge in [-0.1, -0.05) is 36.4 Å². The van der Waals surface area contributed by atoms with E-state index in [1.54, 1.807) is 19.2 Å². The zero-order valence-corrected chi connectivity index (χ0v) is 18.5. The van der Waals surface area contributed by atoms with Crippen LogP contribution in [0.5, 0.6) is 5.75 Å². The predicted molar refractivity (Wildman–Crippen MR) is 130 cm³/mol. The van der Waals surface area contributed by atoms with Crippen LogP contribution in [0.2, 0.25) is 0 Å². The summed E-state index contributed by atoms with van der Waals surface area (Å²) < 4.78 is 10.7. The van der Waals surface area contributed by atoms with Gasteiger partial charge in [-0.05, 0) is 60.4 Å². The quantitative estimate of drug-likeness (QED) is 0.420. The molecule has 3 aromatic carbocycles. The van der Waals surface area contributed by atoms with Crippen LogP contribution in [0.25, 0.3) is 21.7 Å². The normalized spacial score (nSPS) is 16.3. The third-order valence-electron chi connectivity index (χ3n) is 6.64. The van der Waals surface area contributed by atoms with Crippen LogP contribution in [0, 0.1) is 0 Å². The first-order valence-corrected chi connectivity index (χ1v) is 11.2. The first-order chi connectivity index (χ1) is 15.6. The second kappa shape index (κ2) is 8.67. The lowest BCUT2D eigenvalue weighted by molar-refractivity contribution is 0.168. The van der Waals surface area contributed by atoms with Gasteiger partial charge in [0.05, 0.1) is 12.8 Å². The van der Waals surface area contributed by atoms with Gasteiger partial charge < -0.3 is 14.5 Å². The van der Waals surface area contributed by atoms with Crippen LogP contribution in [0.1, 0.15) is 31.4 Å². The molecule has 0 spiro atoms. The van der Waals surface area contributed by atoms with E-state index in [1.165, 1.54) is 16.3 Å². The van der Waals surface area contributed by atoms with Crippen molar-refractivity contribution in [3.63, 3.8) is 0 Å². The molecule has 1 aliphatic rings. The fourth-order valence-electron chi connectivity index (χ4n) is 4.72. The fourth-order valence-corrected chi connectivity index (χ4v) is 4.72. The van der Waals surface area contributed by atoms with E-state index in [0.29, 0.717) is 17.7 Å². The fraction of sp³-hybridized carbons (Fsp3) is 0.296. The third kappa shape index (κ3) is 4.08. The summed E-state index contributed by atoms with van der Waals surface area (Å²) in [5.41, 5.74) is 2.40. The summed E-state index contributed by atoms with van der Waals surface area (Å²) in [6, 6.07) is 23.0. The molecule has 5 rings (SSSR count). The molecule has 0 bridgehead atoms. The molecule has 0 radical (unpaired) electrons. The standard InChI is InChI=1S/C27H28N2O3/c1-18(20-8-7-19-5-3-4-6-21(19)15-20)29-13-11-22(12-14-29)28-25-17-27(30)32-26-10-9-23(31-2)16-24(25)26/h3-10,15-18,22,28H,11-14H2,1-2H3. The molecule has 164 valence electrons. The Kier molecular flexibility index (Phi) is 5.58. The summed E-state index contributed by atoms with van der Waals surface area (Å²) in [5, 5.41) is 7.04. The van der Waals surface area contributed by atoms with E-state index in [2.05, 4.69) is 59.6 Å². The molecule has 1 fully saturated rings. The van der Waals surface area contributed by atoms with Gasteiger partial charge in [-0.25, -0.2) is 4.79 Å². The summed E-state index contributed by atoms with van der Waals surface area (Å²) in [6.45, 7) is 4.31. The van der Waals surface area contributed by atoms with Crippen molar-refractivity contribution in [2.45, 2.75) is 31.8 Å². The van der Waals surface area contributed by atoms with E-state index in [1.807, 2.05) is 12.1 Å². The van der Waals surface area contributed by atoms with E-state index in [4.69, 9.17) is 9.15 Å². The Balaban J connectivity index is 1.29. The molecular weight excluding hydrogens is 400 g/mol. The Morgan fingerprint density at radius 3 is 2.56 bits per heavy atom. The number of piperidine rings is 1. The molecule has 1 aromatic heterocycles. The van der Waals surface area contributed by atoms with E-state index in [0.717, 1.165) is 42.8 Å². The Morgan fingerprint density at radius 2 is 1.78 bits per heavy atom. The van der Waals surface area contributed by atoms with Crippen molar-refractivity contribution in [1.82, 2.24) is 4.90 Å². The van der Waals surface area contributed by atoms with Crippen LogP contribution in [0.3, 0.4) is 0 Å². The van der Waals surface area contributed by atoms with Crippen LogP contribution in [-0.2, 0) is 0 Å². The zero-order valence-electron chi connectivity index (χ0n) is 18.5. The Labute approximate surface area is 187 Å². The minimum Gasteiger partial charge on any atom is -0.497 e. The monoisotopic (exact) mass is 428 g/mol. The number of nitrogens with one attached hydrogen (secondary N) is 1. The van der Waals surface area contributed by atoms with Gasteiger partial charge in [0.2, 0.25) is 0 Å². The van der Waals surface area contributed by atoms with Crippen molar-refractivity contribution >= 4 is 27.4 Å². The van der Waals surface area contributed by atoms with Crippen molar-refractivity contribution in [3.05, 3.63) is 82.7 Å². The largest absolute Gasteiger partial charge is 0.497 e. The van der Waals surface area contributed by atoms with Crippen LogP contribution >= 0.6 is 0 Å². The number of likely N-dealkylation sites (tertiary alicyclic amines) is 1. The molecule has 5 nitrogen and oxygen atoms in total. The SMILES string of the molecule is COc1ccc2oc(=O)cc(NC3CCN(C(C)c4ccc5ccccc5c4)CC3)c2c1. The van der Waals surface area contributed by atoms with Crippen LogP contribution in [-0.4, -0.2) is 31.1 Å². The van der Waals surface area contributed by atoms with Crippen molar-refractivity contribution in [2.24, 2.45) is 0 Å². The predicted octanol–water partition coefficient (Wildman–Crippen LogP) is 5.59. The summed E-state index contributed by atoms with van der Waals surface area (Å²) in [5.74, 6) is 0.744. The highest BCUT2D eigenvalue weighted by Gasteiger charge is 2.24. The number of benzene rings is 3. The average Bonchev–Trinajstić information content (AvgIpc) is 2.83. The second-order valence-corrected chi connectivity index (χ2v) is 8.58. The molecule has 1 saturated heterocycles. The number of fused-ring (bicyclic) bond motifs is 2. The Hall–Kier alpha value is -3.31. The zero-order chi connectivity index (χ0) is 22.1. The highest BCUT2D eigenvalue weighted by molar-refractivity contribution is 5.90. The number of rotatable bonds is 5. The van der Waals surface area contributed by atoms with Gasteiger partial charge in [0.25, 0.3) is 0 Å². The van der Waals surface area contributed by atoms with Crippen LogP contribution in [0.15, 0.2) is 75.9 Å². The van der Waals surface area contributed by atoms with Crippen molar-refractivity contribution in [2.75, 3.05) is 25.5 Å². The van der Waals surface area contributed by atoms with Crippen molar-refractivity contribution in [3.8, 4) is 5.75 Å². The topological polar surface area (TPSA) is 54.7 Å². The number of nitrogens with zero attached hydrogens (tertiary/aromatic N) is 1. The number of anilines is 1. The lowest BCUT2D eigenvalue weighted by Gasteiger charge is -2.37. The number of hydrogen-bond acceptors (Lipinski definition) is 5. The van der Waals surface area contributed by atoms with E-state index in [9.17, 15) is 4.79 Å². The molecule has 0 amide bonds. The summed E-state index contributed by atoms with van der Waals surface area (Å²) in [7, 11) is 1.64. The van der Waals surface area contributed by atoms with Crippen molar-refractivity contribution < 1.29 is 9.15 Å². The van der Waals surface area contributed by atoms with Gasteiger partial charge in [-0.3, -0.25) is 4.90 Å². The minimum atomic E-state index is -0.340. The smallest absolute Gasteiger partial charge is 0.338 e. The molecule has 1 N–H and O–H groups in total. The molecule has 32 heavy (non-hydrogen) atoms. The molecule has 2 heterocycles. The summed E-state index contributed by atoms with van der Waals surface area (Å²) in [6.07, 6.45) is 2.03. The van der Waals surface area contributed by atoms with Gasteiger partial charge in [-0.2, -0.15) is 0 Å². The molecule has 1 aliphatic heterocycles. The van der Waals surface area contributed by atoms with E-state index < -0.39 is 0 Å². The van der Waals surface area contributed by atoms with Gasteiger partial charge in [0.15, 0.2) is 0 Å².